The number of nitrogens with zero attached hydrogens (tertiary/aromatic N) is 2. The predicted molar refractivity (Wildman–Crippen MR) is 262 cm³/mol. The van der Waals surface area contributed by atoms with Gasteiger partial charge in [-0.15, -0.1) is 0 Å². The topological polar surface area (TPSA) is 221 Å². The fourth-order valence-electron chi connectivity index (χ4n) is 11.2. The monoisotopic (exact) mass is 975 g/mol. The molecule has 0 spiro atoms. The van der Waals surface area contributed by atoms with E-state index >= 15 is 0 Å². The molecule has 0 aliphatic carbocycles. The van der Waals surface area contributed by atoms with Gasteiger partial charge in [0.25, 0.3) is 0 Å². The lowest BCUT2D eigenvalue weighted by atomic mass is 9.77. The van der Waals surface area contributed by atoms with E-state index in [1.165, 1.54) is 14.0 Å². The first-order valence-corrected chi connectivity index (χ1v) is 25.0. The maximum atomic E-state index is 14.6. The number of nitrogens with one attached hydrogen (secondary N) is 2. The number of hydrogen-bond acceptors (Lipinski definition) is 15. The smallest absolute Gasteiger partial charge is 0.315 e. The molecule has 3 saturated heterocycles. The van der Waals surface area contributed by atoms with E-state index in [0.717, 1.165) is 16.3 Å². The van der Waals surface area contributed by atoms with Crippen LogP contribution in [0, 0.1) is 17.8 Å². The minimum atomic E-state index is -1.95. The van der Waals surface area contributed by atoms with Gasteiger partial charge in [-0.3, -0.25) is 9.69 Å². The third-order valence-electron chi connectivity index (χ3n) is 15.4. The molecule has 3 fully saturated rings. The van der Waals surface area contributed by atoms with Crippen LogP contribution in [0.3, 0.4) is 0 Å². The summed E-state index contributed by atoms with van der Waals surface area (Å²) in [5.74, 6) is -2.95. The molecule has 5 rings (SSSR count). The van der Waals surface area contributed by atoms with Gasteiger partial charge in [0.2, 0.25) is 0 Å². The number of carbonyl (C=O) groups is 2. The standard InChI is InChI=1S/C52H86N4O13/c1-15-40-52(11,63)44(58)34(7)56(24-23-53-49(61)54-33(6)37-22-18-20-36-19-16-17-21-38(36)37)28-29(2)26-50(9,62)46(69-48-42(57)39(55(12)13)25-30(3)65-48)31(4)43(32(5)47(60)67-40)68-41-27-51(10,64-14)45(59)35(8)66-41/h16-22,29-35,39-46,48,57-59,62-63H,15,23-28H2,1-14H3,(H2,53,54,61)/t29-,30-,31+,32-,33?,34-,35+,39+,40-,41-,42-,43+,44-,45+,46-,48+,50-,51-,52-/m1/s1. The van der Waals surface area contributed by atoms with E-state index in [1.807, 2.05) is 87.1 Å². The third kappa shape index (κ3) is 13.3. The first kappa shape index (κ1) is 56.9. The summed E-state index contributed by atoms with van der Waals surface area (Å²) >= 11 is 0. The molecule has 19 atom stereocenters. The van der Waals surface area contributed by atoms with Crippen LogP contribution < -0.4 is 10.6 Å². The minimum Gasteiger partial charge on any atom is -0.459 e. The Morgan fingerprint density at radius 3 is 2.26 bits per heavy atom. The Morgan fingerprint density at radius 1 is 0.942 bits per heavy atom. The number of benzene rings is 2. The summed E-state index contributed by atoms with van der Waals surface area (Å²) in [4.78, 5) is 31.9. The van der Waals surface area contributed by atoms with Gasteiger partial charge in [-0.2, -0.15) is 0 Å². The molecular formula is C52H86N4O13. The second-order valence-corrected chi connectivity index (χ2v) is 21.4. The first-order chi connectivity index (χ1) is 32.3. The number of fused-ring (bicyclic) bond motifs is 1. The molecule has 0 aromatic heterocycles. The second-order valence-electron chi connectivity index (χ2n) is 21.4. The van der Waals surface area contributed by atoms with Crippen LogP contribution in [0.15, 0.2) is 42.5 Å². The van der Waals surface area contributed by atoms with Crippen LogP contribution in [0.1, 0.15) is 113 Å². The average molecular weight is 975 g/mol. The minimum absolute atomic E-state index is 0.0946. The van der Waals surface area contributed by atoms with Crippen LogP contribution in [0.2, 0.25) is 0 Å². The maximum absolute atomic E-state index is 14.6. The molecule has 3 aliphatic rings. The zero-order valence-electron chi connectivity index (χ0n) is 43.6. The normalized spacial score (nSPS) is 40.6. The largest absolute Gasteiger partial charge is 0.459 e. The van der Waals surface area contributed by atoms with Gasteiger partial charge in [0.15, 0.2) is 12.6 Å². The fourth-order valence-corrected chi connectivity index (χ4v) is 11.2. The van der Waals surface area contributed by atoms with Crippen LogP contribution in [0.5, 0.6) is 0 Å². The zero-order chi connectivity index (χ0) is 51.3. The van der Waals surface area contributed by atoms with Gasteiger partial charge >= 0.3 is 12.0 Å². The predicted octanol–water partition coefficient (Wildman–Crippen LogP) is 4.48. The Balaban J connectivity index is 1.49. The van der Waals surface area contributed by atoms with Crippen LogP contribution in [0.4, 0.5) is 4.79 Å². The number of carbonyl (C=O) groups excluding carboxylic acids is 2. The fraction of sp³-hybridized carbons (Fsp3) is 0.769. The van der Waals surface area contributed by atoms with Crippen molar-refractivity contribution in [3.63, 3.8) is 0 Å². The maximum Gasteiger partial charge on any atom is 0.315 e. The molecule has 3 heterocycles. The van der Waals surface area contributed by atoms with Gasteiger partial charge in [-0.25, -0.2) is 4.79 Å². The SMILES string of the molecule is CC[C@H]1OC(=O)[C@H](C)[C@@H](O[C@@H]2C[C@@](C)(OC)[C@@H](O)[C@H](C)O2)[C@H](C)[C@@H](O[C@@H]2O[C@H](C)C[C@H](N(C)C)[C@H]2O)[C@](C)(O)C[C@@H](C)CN(CCNC(=O)NC(C)c2cccc3ccccc23)[C@H](C)[C@@H](O)[C@]1(C)O. The van der Waals surface area contributed by atoms with Crippen molar-refractivity contribution >= 4 is 22.8 Å². The third-order valence-corrected chi connectivity index (χ3v) is 15.4. The van der Waals surface area contributed by atoms with Gasteiger partial charge in [0.05, 0.1) is 47.6 Å². The summed E-state index contributed by atoms with van der Waals surface area (Å²) in [6.45, 7) is 20.1. The quantitative estimate of drug-likeness (QED) is 0.146. The summed E-state index contributed by atoms with van der Waals surface area (Å²) in [5.41, 5.74) is -3.72. The lowest BCUT2D eigenvalue weighted by Crippen LogP contribution is -2.60. The summed E-state index contributed by atoms with van der Waals surface area (Å²) in [6, 6.07) is 12.2. The zero-order valence-corrected chi connectivity index (χ0v) is 43.6. The van der Waals surface area contributed by atoms with Gasteiger partial charge < -0.3 is 69.5 Å². The van der Waals surface area contributed by atoms with Gasteiger partial charge in [-0.05, 0) is 111 Å². The van der Waals surface area contributed by atoms with Gasteiger partial charge in [0.1, 0.15) is 30.0 Å². The van der Waals surface area contributed by atoms with E-state index in [0.29, 0.717) is 13.0 Å². The van der Waals surface area contributed by atoms with E-state index < -0.39 is 96.0 Å². The molecule has 2 amide bonds. The molecule has 17 nitrogen and oxygen atoms in total. The van der Waals surface area contributed by atoms with Gasteiger partial charge in [-0.1, -0.05) is 63.2 Å². The van der Waals surface area contributed by atoms with Crippen LogP contribution in [-0.4, -0.2) is 178 Å². The highest BCUT2D eigenvalue weighted by atomic mass is 16.7. The second kappa shape index (κ2) is 23.7. The molecular weight excluding hydrogens is 889 g/mol. The molecule has 0 radical (unpaired) electrons. The van der Waals surface area contributed by atoms with Crippen LogP contribution in [-0.2, 0) is 33.2 Å². The van der Waals surface area contributed by atoms with E-state index in [1.54, 1.807) is 48.5 Å². The molecule has 7 N–H and O–H groups in total. The number of aliphatic hydroxyl groups is 5. The van der Waals surface area contributed by atoms with Crippen molar-refractivity contribution in [2.45, 2.75) is 198 Å². The first-order valence-electron chi connectivity index (χ1n) is 25.0. The van der Waals surface area contributed by atoms with E-state index in [9.17, 15) is 35.1 Å². The number of rotatable bonds is 12. The number of ether oxygens (including phenoxy) is 6. The molecule has 3 aliphatic heterocycles. The average Bonchev–Trinajstić information content (AvgIpc) is 3.29. The molecule has 2 aromatic rings. The Kier molecular flexibility index (Phi) is 19.5. The highest BCUT2D eigenvalue weighted by molar-refractivity contribution is 5.86. The Hall–Kier alpha value is -3.04. The summed E-state index contributed by atoms with van der Waals surface area (Å²) in [5, 5.41) is 68.3. The summed E-state index contributed by atoms with van der Waals surface area (Å²) < 4.78 is 38.1. The number of hydrogen-bond donors (Lipinski definition) is 7. The van der Waals surface area contributed by atoms with Crippen molar-refractivity contribution < 1.29 is 63.5 Å². The van der Waals surface area contributed by atoms with Crippen molar-refractivity contribution in [3.05, 3.63) is 48.0 Å². The van der Waals surface area contributed by atoms with E-state index in [2.05, 4.69) is 10.6 Å². The van der Waals surface area contributed by atoms with Crippen LogP contribution >= 0.6 is 0 Å². The van der Waals surface area contributed by atoms with Crippen molar-refractivity contribution in [1.82, 2.24) is 20.4 Å². The highest BCUT2D eigenvalue weighted by Gasteiger charge is 2.53. The molecule has 17 heteroatoms. The van der Waals surface area contributed by atoms with E-state index in [4.69, 9.17) is 28.4 Å². The number of urea groups is 1. The number of esters is 1. The molecule has 392 valence electrons. The molecule has 0 bridgehead atoms. The van der Waals surface area contributed by atoms with Crippen molar-refractivity contribution in [2.75, 3.05) is 40.8 Å². The van der Waals surface area contributed by atoms with Crippen LogP contribution in [0.25, 0.3) is 10.8 Å². The number of methoxy groups -OCH3 is 1. The van der Waals surface area contributed by atoms with Crippen molar-refractivity contribution in [1.29, 1.82) is 0 Å². The Labute approximate surface area is 410 Å². The lowest BCUT2D eigenvalue weighted by molar-refractivity contribution is -0.318. The number of cyclic esters (lactones) is 1. The summed E-state index contributed by atoms with van der Waals surface area (Å²) in [7, 11) is 5.25. The number of amides is 2. The van der Waals surface area contributed by atoms with Crippen molar-refractivity contribution in [3.8, 4) is 0 Å². The molecule has 0 saturated carbocycles. The highest BCUT2D eigenvalue weighted by Crippen LogP contribution is 2.40. The van der Waals surface area contributed by atoms with Crippen molar-refractivity contribution in [2.24, 2.45) is 17.8 Å². The summed E-state index contributed by atoms with van der Waals surface area (Å²) in [6.07, 6.45) is -9.22. The molecule has 69 heavy (non-hydrogen) atoms. The number of likely N-dealkylation sites (N-methyl/N-ethyl adjacent to an activating group) is 1. The van der Waals surface area contributed by atoms with Gasteiger partial charge in [0, 0.05) is 51.2 Å². The Bertz CT molecular complexity index is 1970. The molecule has 2 aromatic carbocycles. The number of aliphatic hydroxyl groups excluding tert-OH is 3. The van der Waals surface area contributed by atoms with E-state index in [-0.39, 0.29) is 62.5 Å². The molecule has 1 unspecified atom stereocenters. The Morgan fingerprint density at radius 2 is 1.61 bits per heavy atom. The lowest BCUT2D eigenvalue weighted by Gasteiger charge is -2.48.